The van der Waals surface area contributed by atoms with Crippen LogP contribution in [0.2, 0.25) is 0 Å². The van der Waals surface area contributed by atoms with E-state index in [-0.39, 0.29) is 24.3 Å². The maximum atomic E-state index is 13.3. The summed E-state index contributed by atoms with van der Waals surface area (Å²) in [4.78, 5) is 15.1. The Balaban J connectivity index is 1.57. The predicted molar refractivity (Wildman–Crippen MR) is 128 cm³/mol. The van der Waals surface area contributed by atoms with Crippen LogP contribution < -0.4 is 0 Å². The van der Waals surface area contributed by atoms with Crippen LogP contribution in [0.15, 0.2) is 46.8 Å². The molecule has 0 bridgehead atoms. The molecule has 1 fully saturated rings. The smallest absolute Gasteiger partial charge is 0.288 e. The standard InChI is InChI=1S/C26H35NO8/c1-2-33-26-20(7-11-30-15-16-32-14-10-28)21(22-18-34-23-6-4-3-5-19(22)23)17-24(35-26)25(29)27-8-12-31-13-9-27/h3-6,17-18,20-21,26,28H,2,7-16H2,1H3/t20-,21+,26-/m1/s1. The molecule has 1 N–H and O–H groups in total. The van der Waals surface area contributed by atoms with Crippen LogP contribution >= 0.6 is 0 Å². The van der Waals surface area contributed by atoms with E-state index in [1.807, 2.05) is 37.3 Å². The fourth-order valence-electron chi connectivity index (χ4n) is 4.57. The number of morpholine rings is 1. The highest BCUT2D eigenvalue weighted by Crippen LogP contribution is 2.42. The van der Waals surface area contributed by atoms with Crippen LogP contribution in [0.25, 0.3) is 11.0 Å². The van der Waals surface area contributed by atoms with Gasteiger partial charge in [0.2, 0.25) is 6.29 Å². The molecule has 9 nitrogen and oxygen atoms in total. The fraction of sp³-hybridized carbons (Fsp3) is 0.577. The van der Waals surface area contributed by atoms with Crippen LogP contribution in [0, 0.1) is 5.92 Å². The Kier molecular flexibility index (Phi) is 9.56. The summed E-state index contributed by atoms with van der Waals surface area (Å²) < 4.78 is 34.5. The molecule has 192 valence electrons. The Morgan fingerprint density at radius 3 is 2.66 bits per heavy atom. The van der Waals surface area contributed by atoms with Gasteiger partial charge in [0, 0.05) is 49.1 Å². The zero-order valence-corrected chi connectivity index (χ0v) is 20.2. The molecule has 4 rings (SSSR count). The SMILES string of the molecule is CCO[C@@H]1OC(C(=O)N2CCOCC2)=C[C@H](c2coc3ccccc23)[C@H]1CCOCCOCCO. The van der Waals surface area contributed by atoms with E-state index < -0.39 is 6.29 Å². The Morgan fingerprint density at radius 2 is 1.89 bits per heavy atom. The van der Waals surface area contributed by atoms with E-state index in [2.05, 4.69) is 0 Å². The van der Waals surface area contributed by atoms with Crippen LogP contribution in [-0.4, -0.2) is 88.1 Å². The van der Waals surface area contributed by atoms with Gasteiger partial charge in [-0.15, -0.1) is 0 Å². The van der Waals surface area contributed by atoms with Gasteiger partial charge in [-0.2, -0.15) is 0 Å². The zero-order valence-electron chi connectivity index (χ0n) is 20.2. The second kappa shape index (κ2) is 13.0. The van der Waals surface area contributed by atoms with E-state index in [0.29, 0.717) is 71.5 Å². The number of rotatable bonds is 12. The Hall–Kier alpha value is -2.43. The minimum atomic E-state index is -0.599. The van der Waals surface area contributed by atoms with Crippen LogP contribution in [0.5, 0.6) is 0 Å². The third-order valence-corrected chi connectivity index (χ3v) is 6.30. The number of fused-ring (bicyclic) bond motifs is 1. The second-order valence-electron chi connectivity index (χ2n) is 8.49. The molecule has 3 atom stereocenters. The summed E-state index contributed by atoms with van der Waals surface area (Å²) in [6.45, 7) is 6.10. The van der Waals surface area contributed by atoms with Crippen LogP contribution in [0.1, 0.15) is 24.8 Å². The molecular formula is C26H35NO8. The van der Waals surface area contributed by atoms with Crippen molar-refractivity contribution >= 4 is 16.9 Å². The third-order valence-electron chi connectivity index (χ3n) is 6.30. The number of aliphatic hydroxyl groups excluding tert-OH is 1. The average molecular weight is 490 g/mol. The molecule has 1 saturated heterocycles. The van der Waals surface area contributed by atoms with Gasteiger partial charge in [0.1, 0.15) is 5.58 Å². The molecule has 0 aliphatic carbocycles. The topological polar surface area (TPSA) is 99.8 Å². The number of hydrogen-bond donors (Lipinski definition) is 1. The minimum absolute atomic E-state index is 0.00632. The van der Waals surface area contributed by atoms with Crippen molar-refractivity contribution < 1.29 is 38.0 Å². The number of nitrogens with zero attached hydrogens (tertiary/aromatic N) is 1. The predicted octanol–water partition coefficient (Wildman–Crippen LogP) is 2.68. The molecular weight excluding hydrogens is 454 g/mol. The van der Waals surface area contributed by atoms with Gasteiger partial charge in [0.25, 0.3) is 5.91 Å². The van der Waals surface area contributed by atoms with E-state index in [0.717, 1.165) is 16.5 Å². The van der Waals surface area contributed by atoms with E-state index in [1.54, 1.807) is 11.2 Å². The van der Waals surface area contributed by atoms with Crippen molar-refractivity contribution in [2.45, 2.75) is 25.6 Å². The first-order valence-electron chi connectivity index (χ1n) is 12.3. The lowest BCUT2D eigenvalue weighted by molar-refractivity contribution is -0.173. The highest BCUT2D eigenvalue weighted by molar-refractivity contribution is 5.92. The van der Waals surface area contributed by atoms with Crippen molar-refractivity contribution in [1.29, 1.82) is 0 Å². The first kappa shape index (κ1) is 25.7. The second-order valence-corrected chi connectivity index (χ2v) is 8.49. The first-order chi connectivity index (χ1) is 17.2. The number of benzene rings is 1. The number of carbonyl (C=O) groups is 1. The highest BCUT2D eigenvalue weighted by Gasteiger charge is 2.40. The Morgan fingerprint density at radius 1 is 1.11 bits per heavy atom. The first-order valence-corrected chi connectivity index (χ1v) is 12.3. The number of allylic oxidation sites excluding steroid dienone is 1. The lowest BCUT2D eigenvalue weighted by atomic mass is 9.81. The van der Waals surface area contributed by atoms with Gasteiger partial charge in [-0.3, -0.25) is 4.79 Å². The van der Waals surface area contributed by atoms with E-state index in [1.165, 1.54) is 0 Å². The van der Waals surface area contributed by atoms with E-state index >= 15 is 0 Å². The van der Waals surface area contributed by atoms with Crippen molar-refractivity contribution in [3.8, 4) is 0 Å². The van der Waals surface area contributed by atoms with Gasteiger partial charge in [0.05, 0.1) is 45.9 Å². The minimum Gasteiger partial charge on any atom is -0.464 e. The summed E-state index contributed by atoms with van der Waals surface area (Å²) in [5.74, 6) is -0.0875. The normalized spacial score (nSPS) is 22.7. The molecule has 2 aliphatic heterocycles. The molecule has 0 unspecified atom stereocenters. The molecule has 1 aromatic heterocycles. The van der Waals surface area contributed by atoms with Crippen LogP contribution in [0.4, 0.5) is 0 Å². The van der Waals surface area contributed by atoms with Crippen molar-refractivity contribution in [2.75, 3.05) is 65.9 Å². The summed E-state index contributed by atoms with van der Waals surface area (Å²) in [5, 5.41) is 9.82. The molecule has 0 spiro atoms. The number of aliphatic hydroxyl groups is 1. The number of ether oxygens (including phenoxy) is 5. The summed E-state index contributed by atoms with van der Waals surface area (Å²) in [5.41, 5.74) is 1.80. The Bertz CT molecular complexity index is 967. The number of hydrogen-bond acceptors (Lipinski definition) is 8. The van der Waals surface area contributed by atoms with Crippen molar-refractivity contribution in [3.63, 3.8) is 0 Å². The summed E-state index contributed by atoms with van der Waals surface area (Å²) in [7, 11) is 0. The van der Waals surface area contributed by atoms with Crippen molar-refractivity contribution in [1.82, 2.24) is 4.90 Å². The van der Waals surface area contributed by atoms with Gasteiger partial charge in [-0.25, -0.2) is 0 Å². The fourth-order valence-corrected chi connectivity index (χ4v) is 4.57. The van der Waals surface area contributed by atoms with Crippen molar-refractivity contribution in [2.24, 2.45) is 5.92 Å². The van der Waals surface area contributed by atoms with E-state index in [9.17, 15) is 4.79 Å². The molecule has 0 radical (unpaired) electrons. The molecule has 0 saturated carbocycles. The molecule has 9 heteroatoms. The van der Waals surface area contributed by atoms with Gasteiger partial charge < -0.3 is 38.1 Å². The van der Waals surface area contributed by atoms with Gasteiger partial charge >= 0.3 is 0 Å². The monoisotopic (exact) mass is 489 g/mol. The quantitative estimate of drug-likeness (QED) is 0.455. The molecule has 35 heavy (non-hydrogen) atoms. The van der Waals surface area contributed by atoms with Crippen LogP contribution in [0.3, 0.4) is 0 Å². The largest absolute Gasteiger partial charge is 0.464 e. The lowest BCUT2D eigenvalue weighted by Gasteiger charge is -2.38. The number of carbonyl (C=O) groups excluding carboxylic acids is 1. The van der Waals surface area contributed by atoms with Crippen molar-refractivity contribution in [3.05, 3.63) is 47.9 Å². The molecule has 1 aromatic carbocycles. The summed E-state index contributed by atoms with van der Waals surface area (Å²) in [6.07, 6.45) is 3.75. The number of para-hydroxylation sites is 1. The Labute approximate surface area is 205 Å². The molecule has 3 heterocycles. The average Bonchev–Trinajstić information content (AvgIpc) is 3.33. The lowest BCUT2D eigenvalue weighted by Crippen LogP contribution is -2.44. The molecule has 2 aromatic rings. The zero-order chi connectivity index (χ0) is 24.5. The highest BCUT2D eigenvalue weighted by atomic mass is 16.7. The maximum absolute atomic E-state index is 13.3. The maximum Gasteiger partial charge on any atom is 0.288 e. The van der Waals surface area contributed by atoms with Gasteiger partial charge in [0.15, 0.2) is 5.76 Å². The number of furan rings is 1. The van der Waals surface area contributed by atoms with Gasteiger partial charge in [-0.05, 0) is 25.5 Å². The molecule has 1 amide bonds. The molecule has 2 aliphatic rings. The summed E-state index contributed by atoms with van der Waals surface area (Å²) in [6, 6.07) is 7.89. The van der Waals surface area contributed by atoms with E-state index in [4.69, 9.17) is 33.2 Å². The third kappa shape index (κ3) is 6.42. The summed E-state index contributed by atoms with van der Waals surface area (Å²) >= 11 is 0. The number of amides is 1. The van der Waals surface area contributed by atoms with Crippen LogP contribution in [-0.2, 0) is 28.5 Å². The van der Waals surface area contributed by atoms with Gasteiger partial charge in [-0.1, -0.05) is 18.2 Å².